The lowest BCUT2D eigenvalue weighted by Gasteiger charge is -2.35. The normalized spacial score (nSPS) is 16.9. The number of likely N-dealkylation sites (tertiary alicyclic amines) is 1. The Hall–Kier alpha value is -1.11. The lowest BCUT2D eigenvalue weighted by Crippen LogP contribution is -2.55. The minimum absolute atomic E-state index is 0.267. The van der Waals surface area contributed by atoms with Gasteiger partial charge in [0.05, 0.1) is 17.2 Å². The van der Waals surface area contributed by atoms with E-state index < -0.39 is 15.7 Å². The van der Waals surface area contributed by atoms with Gasteiger partial charge < -0.3 is 4.74 Å². The third-order valence-corrected chi connectivity index (χ3v) is 5.55. The molecular formula is C16H26N2O3S. The largest absolute Gasteiger partial charge is 0.494 e. The standard InChI is InChI=1S/C16H26N2O3S/c1-4-13-21-14-7-9-15(10-8-14)22(19,20)17-16(2,3)18-11-5-6-12-18/h7-10,17H,4-6,11-13H2,1-3H3. The summed E-state index contributed by atoms with van der Waals surface area (Å²) in [5.74, 6) is 0.694. The van der Waals surface area contributed by atoms with Crippen molar-refractivity contribution in [3.63, 3.8) is 0 Å². The van der Waals surface area contributed by atoms with Crippen molar-refractivity contribution >= 4 is 10.0 Å². The SMILES string of the molecule is CCCOc1ccc(S(=O)(=O)NC(C)(C)N2CCCC2)cc1. The van der Waals surface area contributed by atoms with Gasteiger partial charge in [0.15, 0.2) is 0 Å². The van der Waals surface area contributed by atoms with Gasteiger partial charge in [-0.2, -0.15) is 4.72 Å². The van der Waals surface area contributed by atoms with Crippen LogP contribution in [0.5, 0.6) is 5.75 Å². The number of hydrogen-bond donors (Lipinski definition) is 1. The monoisotopic (exact) mass is 326 g/mol. The summed E-state index contributed by atoms with van der Waals surface area (Å²) in [5, 5.41) is 0. The third-order valence-electron chi connectivity index (χ3n) is 3.89. The highest BCUT2D eigenvalue weighted by Crippen LogP contribution is 2.22. The summed E-state index contributed by atoms with van der Waals surface area (Å²) in [5.41, 5.74) is -0.577. The molecule has 0 radical (unpaired) electrons. The van der Waals surface area contributed by atoms with E-state index in [-0.39, 0.29) is 4.90 Å². The number of rotatable bonds is 7. The third kappa shape index (κ3) is 4.21. The van der Waals surface area contributed by atoms with Gasteiger partial charge in [-0.25, -0.2) is 8.42 Å². The first-order valence-corrected chi connectivity index (χ1v) is 9.35. The summed E-state index contributed by atoms with van der Waals surface area (Å²) in [7, 11) is -3.54. The first-order valence-electron chi connectivity index (χ1n) is 7.87. The molecule has 1 saturated heterocycles. The van der Waals surface area contributed by atoms with Crippen LogP contribution in [-0.2, 0) is 10.0 Å². The number of sulfonamides is 1. The number of hydrogen-bond acceptors (Lipinski definition) is 4. The fourth-order valence-electron chi connectivity index (χ4n) is 2.66. The van der Waals surface area contributed by atoms with Crippen molar-refractivity contribution in [3.8, 4) is 5.75 Å². The van der Waals surface area contributed by atoms with Gasteiger partial charge in [0, 0.05) is 0 Å². The molecule has 1 fully saturated rings. The van der Waals surface area contributed by atoms with E-state index in [1.165, 1.54) is 0 Å². The molecule has 0 amide bonds. The van der Waals surface area contributed by atoms with E-state index in [9.17, 15) is 8.42 Å². The molecule has 1 aromatic rings. The summed E-state index contributed by atoms with van der Waals surface area (Å²) in [6.07, 6.45) is 3.16. The van der Waals surface area contributed by atoms with Crippen molar-refractivity contribution in [2.75, 3.05) is 19.7 Å². The molecule has 0 spiro atoms. The van der Waals surface area contributed by atoms with E-state index in [2.05, 4.69) is 9.62 Å². The Bertz CT molecular complexity index is 576. The minimum Gasteiger partial charge on any atom is -0.494 e. The van der Waals surface area contributed by atoms with Gasteiger partial charge in [0.25, 0.3) is 0 Å². The van der Waals surface area contributed by atoms with Crippen LogP contribution in [0, 0.1) is 0 Å². The summed E-state index contributed by atoms with van der Waals surface area (Å²) >= 11 is 0. The van der Waals surface area contributed by atoms with Crippen molar-refractivity contribution in [1.82, 2.24) is 9.62 Å². The smallest absolute Gasteiger partial charge is 0.242 e. The fraction of sp³-hybridized carbons (Fsp3) is 0.625. The van der Waals surface area contributed by atoms with E-state index in [1.54, 1.807) is 24.3 Å². The summed E-state index contributed by atoms with van der Waals surface area (Å²) in [6.45, 7) is 8.34. The predicted molar refractivity (Wildman–Crippen MR) is 87.4 cm³/mol. The van der Waals surface area contributed by atoms with Crippen molar-refractivity contribution < 1.29 is 13.2 Å². The average molecular weight is 326 g/mol. The molecule has 1 aromatic carbocycles. The van der Waals surface area contributed by atoms with Crippen molar-refractivity contribution in [3.05, 3.63) is 24.3 Å². The number of ether oxygens (including phenoxy) is 1. The maximum absolute atomic E-state index is 12.6. The maximum Gasteiger partial charge on any atom is 0.242 e. The van der Waals surface area contributed by atoms with Gasteiger partial charge in [0.1, 0.15) is 5.75 Å². The molecule has 22 heavy (non-hydrogen) atoms. The summed E-state index contributed by atoms with van der Waals surface area (Å²) < 4.78 is 33.4. The van der Waals surface area contributed by atoms with Crippen LogP contribution in [0.15, 0.2) is 29.2 Å². The first kappa shape index (κ1) is 17.2. The predicted octanol–water partition coefficient (Wildman–Crippen LogP) is 2.59. The van der Waals surface area contributed by atoms with Crippen molar-refractivity contribution in [2.45, 2.75) is 50.6 Å². The van der Waals surface area contributed by atoms with Crippen molar-refractivity contribution in [2.24, 2.45) is 0 Å². The van der Waals surface area contributed by atoms with Crippen LogP contribution >= 0.6 is 0 Å². The molecular weight excluding hydrogens is 300 g/mol. The Morgan fingerprint density at radius 3 is 2.32 bits per heavy atom. The fourth-order valence-corrected chi connectivity index (χ4v) is 4.06. The molecule has 0 saturated carbocycles. The van der Waals surface area contributed by atoms with Gasteiger partial charge in [0.2, 0.25) is 10.0 Å². The van der Waals surface area contributed by atoms with E-state index in [4.69, 9.17) is 4.74 Å². The van der Waals surface area contributed by atoms with Gasteiger partial charge in [-0.1, -0.05) is 6.92 Å². The molecule has 6 heteroatoms. The molecule has 1 aliphatic rings. The topological polar surface area (TPSA) is 58.6 Å². The highest BCUT2D eigenvalue weighted by molar-refractivity contribution is 7.89. The van der Waals surface area contributed by atoms with E-state index in [0.717, 1.165) is 32.4 Å². The van der Waals surface area contributed by atoms with Crippen LogP contribution in [0.2, 0.25) is 0 Å². The second-order valence-corrected chi connectivity index (χ2v) is 7.86. The van der Waals surface area contributed by atoms with Gasteiger partial charge >= 0.3 is 0 Å². The van der Waals surface area contributed by atoms with Crippen LogP contribution in [0.3, 0.4) is 0 Å². The maximum atomic E-state index is 12.6. The number of nitrogens with zero attached hydrogens (tertiary/aromatic N) is 1. The Morgan fingerprint density at radius 1 is 1.18 bits per heavy atom. The van der Waals surface area contributed by atoms with Crippen molar-refractivity contribution in [1.29, 1.82) is 0 Å². The van der Waals surface area contributed by atoms with Gasteiger partial charge in [-0.05, 0) is 70.5 Å². The zero-order chi connectivity index (χ0) is 16.2. The Kier molecular flexibility index (Phi) is 5.47. The highest BCUT2D eigenvalue weighted by Gasteiger charge is 2.33. The van der Waals surface area contributed by atoms with Crippen LogP contribution in [0.1, 0.15) is 40.0 Å². The lowest BCUT2D eigenvalue weighted by molar-refractivity contribution is 0.143. The van der Waals surface area contributed by atoms with E-state index in [0.29, 0.717) is 12.4 Å². The van der Waals surface area contributed by atoms with Gasteiger partial charge in [-0.15, -0.1) is 0 Å². The van der Waals surface area contributed by atoms with Gasteiger partial charge in [-0.3, -0.25) is 4.90 Å². The molecule has 5 nitrogen and oxygen atoms in total. The molecule has 2 rings (SSSR count). The average Bonchev–Trinajstić information content (AvgIpc) is 2.99. The molecule has 1 heterocycles. The Balaban J connectivity index is 2.09. The number of nitrogens with one attached hydrogen (secondary N) is 1. The Labute approximate surface area is 133 Å². The molecule has 0 aliphatic carbocycles. The quantitative estimate of drug-likeness (QED) is 0.837. The van der Waals surface area contributed by atoms with E-state index in [1.807, 2.05) is 20.8 Å². The molecule has 0 aromatic heterocycles. The highest BCUT2D eigenvalue weighted by atomic mass is 32.2. The minimum atomic E-state index is -3.54. The molecule has 0 unspecified atom stereocenters. The Morgan fingerprint density at radius 2 is 1.77 bits per heavy atom. The van der Waals surface area contributed by atoms with Crippen LogP contribution in [0.4, 0.5) is 0 Å². The zero-order valence-electron chi connectivity index (χ0n) is 13.6. The number of benzene rings is 1. The zero-order valence-corrected chi connectivity index (χ0v) is 14.4. The molecule has 0 bridgehead atoms. The molecule has 1 aliphatic heterocycles. The first-order chi connectivity index (χ1) is 10.3. The van der Waals surface area contributed by atoms with E-state index >= 15 is 0 Å². The molecule has 0 atom stereocenters. The second-order valence-electron chi connectivity index (χ2n) is 6.18. The van der Waals surface area contributed by atoms with Crippen LogP contribution in [0.25, 0.3) is 0 Å². The summed E-state index contributed by atoms with van der Waals surface area (Å²) in [6, 6.07) is 6.58. The van der Waals surface area contributed by atoms with Crippen LogP contribution < -0.4 is 9.46 Å². The van der Waals surface area contributed by atoms with Crippen LogP contribution in [-0.4, -0.2) is 38.7 Å². The summed E-state index contributed by atoms with van der Waals surface area (Å²) in [4.78, 5) is 2.44. The molecule has 124 valence electrons. The lowest BCUT2D eigenvalue weighted by atomic mass is 10.2. The second kappa shape index (κ2) is 6.98. The molecule has 1 N–H and O–H groups in total.